The van der Waals surface area contributed by atoms with Crippen LogP contribution in [0.25, 0.3) is 0 Å². The van der Waals surface area contributed by atoms with Crippen LogP contribution in [0.2, 0.25) is 0 Å². The summed E-state index contributed by atoms with van der Waals surface area (Å²) in [6.07, 6.45) is 2.75. The first-order valence-electron chi connectivity index (χ1n) is 4.53. The standard InChI is InChI=1S/C8H9FN6O/c9-5-3-12-8(10)14-7(5)11-2-1-6-13-4-16-15-6/h3-4H,1-2H2,(H3,10,11,12,14). The molecule has 3 N–H and O–H groups in total. The summed E-state index contributed by atoms with van der Waals surface area (Å²) in [6, 6.07) is 0. The van der Waals surface area contributed by atoms with Crippen LogP contribution < -0.4 is 11.1 Å². The van der Waals surface area contributed by atoms with Crippen molar-refractivity contribution in [1.29, 1.82) is 0 Å². The zero-order chi connectivity index (χ0) is 11.4. The van der Waals surface area contributed by atoms with Gasteiger partial charge in [0.1, 0.15) is 0 Å². The van der Waals surface area contributed by atoms with E-state index >= 15 is 0 Å². The van der Waals surface area contributed by atoms with E-state index in [0.29, 0.717) is 18.8 Å². The smallest absolute Gasteiger partial charge is 0.222 e. The lowest BCUT2D eigenvalue weighted by atomic mass is 10.4. The van der Waals surface area contributed by atoms with Crippen LogP contribution in [0.4, 0.5) is 16.2 Å². The van der Waals surface area contributed by atoms with Crippen molar-refractivity contribution < 1.29 is 8.91 Å². The van der Waals surface area contributed by atoms with Crippen LogP contribution in [0, 0.1) is 5.82 Å². The van der Waals surface area contributed by atoms with Gasteiger partial charge in [-0.3, -0.25) is 0 Å². The molecule has 84 valence electrons. The third kappa shape index (κ3) is 2.41. The van der Waals surface area contributed by atoms with Gasteiger partial charge in [-0.25, -0.2) is 9.37 Å². The second-order valence-electron chi connectivity index (χ2n) is 2.95. The van der Waals surface area contributed by atoms with Crippen molar-refractivity contribution in [2.45, 2.75) is 6.42 Å². The van der Waals surface area contributed by atoms with E-state index in [2.05, 4.69) is 29.9 Å². The highest BCUT2D eigenvalue weighted by molar-refractivity contribution is 5.39. The molecule has 0 amide bonds. The predicted molar refractivity (Wildman–Crippen MR) is 52.9 cm³/mol. The maximum atomic E-state index is 13.1. The summed E-state index contributed by atoms with van der Waals surface area (Å²) in [6.45, 7) is 0.424. The molecule has 0 aliphatic rings. The van der Waals surface area contributed by atoms with E-state index in [9.17, 15) is 4.39 Å². The lowest BCUT2D eigenvalue weighted by Crippen LogP contribution is -2.10. The SMILES string of the molecule is Nc1ncc(F)c(NCCc2ncon2)n1. The monoisotopic (exact) mass is 224 g/mol. The summed E-state index contributed by atoms with van der Waals surface area (Å²) < 4.78 is 17.7. The Kier molecular flexibility index (Phi) is 2.90. The molecule has 0 spiro atoms. The van der Waals surface area contributed by atoms with E-state index in [1.165, 1.54) is 6.39 Å². The number of nitrogen functional groups attached to an aromatic ring is 1. The van der Waals surface area contributed by atoms with Crippen LogP contribution in [0.3, 0.4) is 0 Å². The fourth-order valence-electron chi connectivity index (χ4n) is 1.10. The topological polar surface area (TPSA) is 103 Å². The zero-order valence-electron chi connectivity index (χ0n) is 8.22. The zero-order valence-corrected chi connectivity index (χ0v) is 8.22. The molecule has 8 heteroatoms. The molecule has 2 aromatic rings. The van der Waals surface area contributed by atoms with Crippen molar-refractivity contribution in [3.63, 3.8) is 0 Å². The molecular formula is C8H9FN6O. The molecule has 0 aliphatic heterocycles. The average Bonchev–Trinajstić information content (AvgIpc) is 2.76. The molecule has 2 rings (SSSR count). The van der Waals surface area contributed by atoms with Crippen molar-refractivity contribution >= 4 is 11.8 Å². The summed E-state index contributed by atoms with van der Waals surface area (Å²) in [5, 5.41) is 6.37. The highest BCUT2D eigenvalue weighted by Crippen LogP contribution is 2.09. The average molecular weight is 224 g/mol. The number of halogens is 1. The van der Waals surface area contributed by atoms with Crippen LogP contribution in [-0.2, 0) is 6.42 Å². The number of aromatic nitrogens is 4. The largest absolute Gasteiger partial charge is 0.368 e. The number of nitrogens with two attached hydrogens (primary N) is 1. The minimum Gasteiger partial charge on any atom is -0.368 e. The van der Waals surface area contributed by atoms with Gasteiger partial charge in [0.25, 0.3) is 0 Å². The summed E-state index contributed by atoms with van der Waals surface area (Å²) in [7, 11) is 0. The second-order valence-corrected chi connectivity index (χ2v) is 2.95. The first kappa shape index (κ1) is 10.3. The Morgan fingerprint density at radius 2 is 2.31 bits per heavy atom. The molecule has 7 nitrogen and oxygen atoms in total. The van der Waals surface area contributed by atoms with Gasteiger partial charge in [0.15, 0.2) is 17.5 Å². The molecule has 16 heavy (non-hydrogen) atoms. The van der Waals surface area contributed by atoms with Gasteiger partial charge in [0.2, 0.25) is 12.3 Å². The van der Waals surface area contributed by atoms with Crippen molar-refractivity contribution in [2.75, 3.05) is 17.6 Å². The van der Waals surface area contributed by atoms with Crippen LogP contribution in [0.5, 0.6) is 0 Å². The van der Waals surface area contributed by atoms with Gasteiger partial charge in [0.05, 0.1) is 6.20 Å². The van der Waals surface area contributed by atoms with Crippen LogP contribution in [-0.4, -0.2) is 26.7 Å². The highest BCUT2D eigenvalue weighted by Gasteiger charge is 2.05. The maximum Gasteiger partial charge on any atom is 0.222 e. The number of hydrogen-bond donors (Lipinski definition) is 2. The molecule has 0 saturated heterocycles. The highest BCUT2D eigenvalue weighted by atomic mass is 19.1. The van der Waals surface area contributed by atoms with E-state index in [1.54, 1.807) is 0 Å². The molecule has 2 aromatic heterocycles. The number of nitrogens with one attached hydrogen (secondary N) is 1. The Balaban J connectivity index is 1.92. The molecule has 2 heterocycles. The van der Waals surface area contributed by atoms with E-state index in [-0.39, 0.29) is 11.8 Å². The minimum absolute atomic E-state index is 0.0171. The third-order valence-electron chi connectivity index (χ3n) is 1.81. The Morgan fingerprint density at radius 3 is 3.06 bits per heavy atom. The van der Waals surface area contributed by atoms with Crippen molar-refractivity contribution in [3.05, 3.63) is 24.2 Å². The molecule has 0 radical (unpaired) electrons. The molecular weight excluding hydrogens is 215 g/mol. The Labute approximate surface area is 89.9 Å². The maximum absolute atomic E-state index is 13.1. The van der Waals surface area contributed by atoms with Gasteiger partial charge in [-0.1, -0.05) is 5.16 Å². The summed E-state index contributed by atoms with van der Waals surface area (Å²) in [5.41, 5.74) is 5.33. The Hall–Kier alpha value is -2.25. The van der Waals surface area contributed by atoms with Crippen molar-refractivity contribution in [3.8, 4) is 0 Å². The van der Waals surface area contributed by atoms with Crippen molar-refractivity contribution in [2.24, 2.45) is 0 Å². The van der Waals surface area contributed by atoms with Gasteiger partial charge in [-0.15, -0.1) is 0 Å². The number of anilines is 2. The number of hydrogen-bond acceptors (Lipinski definition) is 7. The number of nitrogens with zero attached hydrogens (tertiary/aromatic N) is 4. The van der Waals surface area contributed by atoms with Gasteiger partial charge < -0.3 is 15.6 Å². The fraction of sp³-hybridized carbons (Fsp3) is 0.250. The van der Waals surface area contributed by atoms with Crippen LogP contribution >= 0.6 is 0 Å². The number of rotatable bonds is 4. The first-order chi connectivity index (χ1) is 7.75. The third-order valence-corrected chi connectivity index (χ3v) is 1.81. The minimum atomic E-state index is -0.553. The molecule has 0 unspecified atom stereocenters. The van der Waals surface area contributed by atoms with Crippen LogP contribution in [0.15, 0.2) is 17.1 Å². The van der Waals surface area contributed by atoms with E-state index < -0.39 is 5.82 Å². The van der Waals surface area contributed by atoms with Crippen molar-refractivity contribution in [1.82, 2.24) is 20.1 Å². The van der Waals surface area contributed by atoms with Gasteiger partial charge in [-0.05, 0) is 0 Å². The second kappa shape index (κ2) is 4.51. The first-order valence-corrected chi connectivity index (χ1v) is 4.53. The van der Waals surface area contributed by atoms with E-state index in [4.69, 9.17) is 5.73 Å². The Morgan fingerprint density at radius 1 is 1.44 bits per heavy atom. The van der Waals surface area contributed by atoms with Gasteiger partial charge >= 0.3 is 0 Å². The predicted octanol–water partition coefficient (Wildman–Crippen LogP) is 0.235. The van der Waals surface area contributed by atoms with E-state index in [0.717, 1.165) is 6.20 Å². The normalized spacial score (nSPS) is 10.3. The van der Waals surface area contributed by atoms with Gasteiger partial charge in [0, 0.05) is 13.0 Å². The Bertz CT molecular complexity index is 460. The lowest BCUT2D eigenvalue weighted by molar-refractivity contribution is 0.410. The molecule has 0 atom stereocenters. The fourth-order valence-corrected chi connectivity index (χ4v) is 1.10. The summed E-state index contributed by atoms with van der Waals surface area (Å²) >= 11 is 0. The van der Waals surface area contributed by atoms with Gasteiger partial charge in [-0.2, -0.15) is 9.97 Å². The molecule has 0 aromatic carbocycles. The molecule has 0 aliphatic carbocycles. The summed E-state index contributed by atoms with van der Waals surface area (Å²) in [4.78, 5) is 11.0. The summed E-state index contributed by atoms with van der Waals surface area (Å²) in [5.74, 6) is 0.0664. The van der Waals surface area contributed by atoms with Crippen LogP contribution in [0.1, 0.15) is 5.82 Å². The quantitative estimate of drug-likeness (QED) is 0.766. The van der Waals surface area contributed by atoms with E-state index in [1.807, 2.05) is 0 Å². The molecule has 0 saturated carbocycles. The lowest BCUT2D eigenvalue weighted by Gasteiger charge is -2.04. The molecule has 0 fully saturated rings. The molecule has 0 bridgehead atoms.